The minimum absolute atomic E-state index is 0.0261. The van der Waals surface area contributed by atoms with Gasteiger partial charge in [0.1, 0.15) is 0 Å². The maximum Gasteiger partial charge on any atom is 0.229 e. The summed E-state index contributed by atoms with van der Waals surface area (Å²) in [6, 6.07) is 15.8. The lowest BCUT2D eigenvalue weighted by Crippen LogP contribution is -2.28. The molecule has 3 aromatic rings. The van der Waals surface area contributed by atoms with Gasteiger partial charge >= 0.3 is 0 Å². The van der Waals surface area contributed by atoms with Gasteiger partial charge in [-0.25, -0.2) is 4.68 Å². The van der Waals surface area contributed by atoms with Crippen LogP contribution in [0, 0.1) is 5.92 Å². The first-order chi connectivity index (χ1) is 15.1. The van der Waals surface area contributed by atoms with E-state index >= 15 is 0 Å². The van der Waals surface area contributed by atoms with Gasteiger partial charge in [-0.2, -0.15) is 0 Å². The summed E-state index contributed by atoms with van der Waals surface area (Å²) in [6.45, 7) is 2.48. The first-order valence-corrected chi connectivity index (χ1v) is 10.7. The first kappa shape index (κ1) is 19.4. The molecule has 1 aliphatic heterocycles. The second kappa shape index (κ2) is 7.94. The topological polar surface area (TPSA) is 93.0 Å². The van der Waals surface area contributed by atoms with Crippen molar-refractivity contribution < 1.29 is 9.59 Å². The summed E-state index contributed by atoms with van der Waals surface area (Å²) in [7, 11) is 0. The fourth-order valence-corrected chi connectivity index (χ4v) is 3.97. The Bertz CT molecular complexity index is 1120. The van der Waals surface area contributed by atoms with E-state index in [1.54, 1.807) is 4.90 Å². The van der Waals surface area contributed by atoms with Gasteiger partial charge in [-0.05, 0) is 59.5 Å². The first-order valence-electron chi connectivity index (χ1n) is 10.7. The summed E-state index contributed by atoms with van der Waals surface area (Å²) >= 11 is 0. The van der Waals surface area contributed by atoms with Crippen molar-refractivity contribution in [2.45, 2.75) is 38.6 Å². The second-order valence-electron chi connectivity index (χ2n) is 8.17. The highest BCUT2D eigenvalue weighted by molar-refractivity contribution is 6.03. The van der Waals surface area contributed by atoms with Gasteiger partial charge in [0.05, 0.1) is 12.0 Å². The average Bonchev–Trinajstić information content (AvgIpc) is 3.38. The van der Waals surface area contributed by atoms with Gasteiger partial charge in [-0.1, -0.05) is 31.2 Å². The number of tetrazole rings is 1. The average molecular weight is 416 g/mol. The number of carbonyl (C=O) groups excluding carboxylic acids is 2. The molecule has 1 aromatic heterocycles. The largest absolute Gasteiger partial charge is 0.326 e. The van der Waals surface area contributed by atoms with Crippen molar-refractivity contribution in [3.05, 3.63) is 54.1 Å². The molecule has 2 fully saturated rings. The minimum atomic E-state index is -0.390. The van der Waals surface area contributed by atoms with E-state index in [0.29, 0.717) is 24.1 Å². The predicted octanol–water partition coefficient (Wildman–Crippen LogP) is 3.23. The van der Waals surface area contributed by atoms with Crippen molar-refractivity contribution in [1.29, 1.82) is 0 Å². The monoisotopic (exact) mass is 416 g/mol. The number of nitrogens with one attached hydrogen (secondary N) is 1. The second-order valence-corrected chi connectivity index (χ2v) is 8.17. The zero-order valence-corrected chi connectivity index (χ0v) is 17.4. The van der Waals surface area contributed by atoms with Gasteiger partial charge in [0.2, 0.25) is 11.8 Å². The molecule has 1 saturated heterocycles. The third-order valence-corrected chi connectivity index (χ3v) is 5.93. The maximum absolute atomic E-state index is 12.9. The molecule has 1 unspecified atom stereocenters. The van der Waals surface area contributed by atoms with E-state index in [2.05, 4.69) is 27.8 Å². The van der Waals surface area contributed by atoms with Crippen molar-refractivity contribution in [3.8, 4) is 11.4 Å². The Kier molecular flexibility index (Phi) is 4.97. The Hall–Kier alpha value is -3.55. The third kappa shape index (κ3) is 3.93. The van der Waals surface area contributed by atoms with Crippen molar-refractivity contribution in [1.82, 2.24) is 20.2 Å². The molecule has 31 heavy (non-hydrogen) atoms. The molecule has 1 atom stereocenters. The number of anilines is 2. The van der Waals surface area contributed by atoms with Crippen molar-refractivity contribution in [2.75, 3.05) is 16.8 Å². The van der Waals surface area contributed by atoms with Crippen LogP contribution in [0.1, 0.15) is 37.8 Å². The van der Waals surface area contributed by atoms with Crippen LogP contribution in [0.5, 0.6) is 0 Å². The zero-order valence-electron chi connectivity index (χ0n) is 17.4. The molecule has 1 N–H and O–H groups in total. The summed E-state index contributed by atoms with van der Waals surface area (Å²) in [6.07, 6.45) is 3.33. The Morgan fingerprint density at radius 1 is 1.16 bits per heavy atom. The van der Waals surface area contributed by atoms with Crippen LogP contribution in [0.15, 0.2) is 48.5 Å². The van der Waals surface area contributed by atoms with E-state index in [0.717, 1.165) is 30.5 Å². The zero-order chi connectivity index (χ0) is 21.4. The van der Waals surface area contributed by atoms with E-state index in [-0.39, 0.29) is 18.2 Å². The van der Waals surface area contributed by atoms with E-state index in [4.69, 9.17) is 0 Å². The molecule has 2 heterocycles. The van der Waals surface area contributed by atoms with E-state index in [9.17, 15) is 9.59 Å². The summed E-state index contributed by atoms with van der Waals surface area (Å²) in [5, 5.41) is 15.0. The number of benzene rings is 2. The van der Waals surface area contributed by atoms with E-state index in [1.165, 1.54) is 5.56 Å². The fraction of sp³-hybridized carbons (Fsp3) is 0.348. The van der Waals surface area contributed by atoms with Crippen LogP contribution in [0.25, 0.3) is 11.4 Å². The van der Waals surface area contributed by atoms with Crippen molar-refractivity contribution in [3.63, 3.8) is 0 Å². The van der Waals surface area contributed by atoms with Crippen LogP contribution < -0.4 is 10.2 Å². The lowest BCUT2D eigenvalue weighted by Gasteiger charge is -2.17. The van der Waals surface area contributed by atoms with Crippen molar-refractivity contribution >= 4 is 23.2 Å². The molecule has 5 rings (SSSR count). The molecule has 1 saturated carbocycles. The van der Waals surface area contributed by atoms with Crippen LogP contribution in [-0.2, 0) is 16.0 Å². The number of aromatic nitrogens is 4. The van der Waals surface area contributed by atoms with E-state index < -0.39 is 5.92 Å². The highest BCUT2D eigenvalue weighted by Crippen LogP contribution is 2.37. The number of nitrogens with zero attached hydrogens (tertiary/aromatic N) is 5. The van der Waals surface area contributed by atoms with Crippen molar-refractivity contribution in [2.24, 2.45) is 5.92 Å². The van der Waals surface area contributed by atoms with Crippen LogP contribution in [0.4, 0.5) is 11.4 Å². The van der Waals surface area contributed by atoms with Crippen LogP contribution in [0.3, 0.4) is 0 Å². The van der Waals surface area contributed by atoms with E-state index in [1.807, 2.05) is 53.2 Å². The number of aryl methyl sites for hydroxylation is 1. The number of hydrogen-bond donors (Lipinski definition) is 1. The van der Waals surface area contributed by atoms with Gasteiger partial charge in [-0.15, -0.1) is 5.10 Å². The quantitative estimate of drug-likeness (QED) is 0.666. The molecule has 158 valence electrons. The molecule has 8 nitrogen and oxygen atoms in total. The van der Waals surface area contributed by atoms with Gasteiger partial charge in [0.15, 0.2) is 5.82 Å². The Morgan fingerprint density at radius 3 is 2.71 bits per heavy atom. The number of carbonyl (C=O) groups is 2. The lowest BCUT2D eigenvalue weighted by molar-refractivity contribution is -0.122. The summed E-state index contributed by atoms with van der Waals surface area (Å²) in [4.78, 5) is 27.1. The van der Waals surface area contributed by atoms with Gasteiger partial charge in [0, 0.05) is 29.9 Å². The van der Waals surface area contributed by atoms with Gasteiger partial charge in [0.25, 0.3) is 0 Å². The molecular formula is C23H24N6O2. The van der Waals surface area contributed by atoms with Crippen LogP contribution in [0.2, 0.25) is 0 Å². The summed E-state index contributed by atoms with van der Waals surface area (Å²) in [5.74, 6) is 0.136. The van der Waals surface area contributed by atoms with Gasteiger partial charge in [-0.3, -0.25) is 9.59 Å². The number of rotatable bonds is 6. The number of amides is 2. The standard InChI is InChI=1S/C23H24N6O2/c1-2-15-6-8-19(9-7-15)28-14-17(13-21(28)30)23(31)24-18-5-3-4-16(12-18)22-25-26-27-29(22)20-10-11-20/h3-9,12,17,20H,2,10-11,13-14H2,1H3,(H,24,31). The molecule has 0 spiro atoms. The SMILES string of the molecule is CCc1ccc(N2CC(C(=O)Nc3cccc(-c4nnnn4C4CC4)c3)CC2=O)cc1. The Labute approximate surface area is 180 Å². The molecule has 0 radical (unpaired) electrons. The highest BCUT2D eigenvalue weighted by atomic mass is 16.2. The minimum Gasteiger partial charge on any atom is -0.326 e. The third-order valence-electron chi connectivity index (χ3n) is 5.93. The molecule has 8 heteroatoms. The molecule has 1 aliphatic carbocycles. The molecule has 2 aromatic carbocycles. The number of hydrogen-bond acceptors (Lipinski definition) is 5. The summed E-state index contributed by atoms with van der Waals surface area (Å²) in [5.41, 5.74) is 3.59. The maximum atomic E-state index is 12.9. The fourth-order valence-electron chi connectivity index (χ4n) is 3.97. The predicted molar refractivity (Wildman–Crippen MR) is 116 cm³/mol. The molecular weight excluding hydrogens is 392 g/mol. The normalized spacial score (nSPS) is 18.4. The van der Waals surface area contributed by atoms with Gasteiger partial charge < -0.3 is 10.2 Å². The molecule has 0 bridgehead atoms. The highest BCUT2D eigenvalue weighted by Gasteiger charge is 2.35. The Balaban J connectivity index is 1.28. The lowest BCUT2D eigenvalue weighted by atomic mass is 10.1. The van der Waals surface area contributed by atoms with Crippen LogP contribution >= 0.6 is 0 Å². The Morgan fingerprint density at radius 2 is 1.97 bits per heavy atom. The van der Waals surface area contributed by atoms with Crippen LogP contribution in [-0.4, -0.2) is 38.6 Å². The molecule has 2 amide bonds. The summed E-state index contributed by atoms with van der Waals surface area (Å²) < 4.78 is 1.85. The molecule has 2 aliphatic rings. The smallest absolute Gasteiger partial charge is 0.229 e.